The van der Waals surface area contributed by atoms with Gasteiger partial charge in [0.05, 0.1) is 16.9 Å². The highest BCUT2D eigenvalue weighted by Gasteiger charge is 2.52. The standard InChI is InChI=1S/C24H36BFN2O2/c1-9-22(2,3)15-18-16-28(8)21(27-18)13-11-17-10-12-19(20(26)14-17)25-29-23(4,5)24(6,7)30-25/h10,12,14,16H,9,11,13,15H2,1-8H3. The van der Waals surface area contributed by atoms with Crippen molar-refractivity contribution in [2.75, 3.05) is 0 Å². The maximum Gasteiger partial charge on any atom is 0.497 e. The molecule has 0 radical (unpaired) electrons. The fraction of sp³-hybridized carbons (Fsp3) is 0.625. The van der Waals surface area contributed by atoms with Crippen molar-refractivity contribution in [1.82, 2.24) is 9.55 Å². The van der Waals surface area contributed by atoms with Crippen LogP contribution in [0.25, 0.3) is 0 Å². The molecule has 1 aromatic carbocycles. The molecule has 0 unspecified atom stereocenters. The van der Waals surface area contributed by atoms with Gasteiger partial charge in [0.15, 0.2) is 0 Å². The predicted octanol–water partition coefficient (Wildman–Crippen LogP) is 4.62. The second kappa shape index (κ2) is 8.12. The van der Waals surface area contributed by atoms with Gasteiger partial charge in [-0.05, 0) is 57.6 Å². The van der Waals surface area contributed by atoms with Crippen molar-refractivity contribution in [1.29, 1.82) is 0 Å². The number of imidazole rings is 1. The molecule has 0 saturated carbocycles. The molecule has 2 heterocycles. The molecule has 3 rings (SSSR count). The number of aryl methyl sites for hydroxylation is 3. The van der Waals surface area contributed by atoms with E-state index in [0.29, 0.717) is 5.46 Å². The lowest BCUT2D eigenvalue weighted by Crippen LogP contribution is -2.41. The van der Waals surface area contributed by atoms with Crippen molar-refractivity contribution in [3.8, 4) is 0 Å². The average Bonchev–Trinajstić information content (AvgIpc) is 3.07. The Morgan fingerprint density at radius 3 is 2.30 bits per heavy atom. The molecule has 1 fully saturated rings. The van der Waals surface area contributed by atoms with Crippen LogP contribution >= 0.6 is 0 Å². The van der Waals surface area contributed by atoms with Crippen molar-refractivity contribution in [3.05, 3.63) is 47.3 Å². The first kappa shape index (κ1) is 23.0. The van der Waals surface area contributed by atoms with Gasteiger partial charge in [-0.2, -0.15) is 0 Å². The highest BCUT2D eigenvalue weighted by atomic mass is 19.1. The molecule has 164 valence electrons. The number of nitrogens with zero attached hydrogens (tertiary/aromatic N) is 2. The zero-order chi connectivity index (χ0) is 22.3. The Bertz CT molecular complexity index is 889. The second-order valence-corrected chi connectivity index (χ2v) is 10.4. The number of benzene rings is 1. The number of rotatable bonds is 7. The molecule has 1 aliphatic heterocycles. The first-order valence-corrected chi connectivity index (χ1v) is 11.0. The van der Waals surface area contributed by atoms with Crippen molar-refractivity contribution in [3.63, 3.8) is 0 Å². The van der Waals surface area contributed by atoms with E-state index >= 15 is 0 Å². The number of hydrogen-bond donors (Lipinski definition) is 0. The summed E-state index contributed by atoms with van der Waals surface area (Å²) in [5.74, 6) is 0.753. The predicted molar refractivity (Wildman–Crippen MR) is 121 cm³/mol. The van der Waals surface area contributed by atoms with E-state index in [4.69, 9.17) is 14.3 Å². The Morgan fingerprint density at radius 2 is 1.73 bits per heavy atom. The van der Waals surface area contributed by atoms with Gasteiger partial charge in [-0.25, -0.2) is 9.37 Å². The molecule has 0 N–H and O–H groups in total. The summed E-state index contributed by atoms with van der Waals surface area (Å²) < 4.78 is 28.9. The smallest absolute Gasteiger partial charge is 0.399 e. The van der Waals surface area contributed by atoms with Crippen LogP contribution < -0.4 is 5.46 Å². The van der Waals surface area contributed by atoms with Crippen LogP contribution in [-0.2, 0) is 35.6 Å². The number of hydrogen-bond acceptors (Lipinski definition) is 3. The van der Waals surface area contributed by atoms with Gasteiger partial charge in [0.25, 0.3) is 0 Å². The Morgan fingerprint density at radius 1 is 1.10 bits per heavy atom. The molecule has 0 spiro atoms. The van der Waals surface area contributed by atoms with Gasteiger partial charge in [-0.15, -0.1) is 0 Å². The Hall–Kier alpha value is -1.66. The molecule has 0 amide bonds. The molecule has 0 aliphatic carbocycles. The lowest BCUT2D eigenvalue weighted by atomic mass is 9.78. The summed E-state index contributed by atoms with van der Waals surface area (Å²) in [6.07, 6.45) is 5.72. The first-order chi connectivity index (χ1) is 13.8. The summed E-state index contributed by atoms with van der Waals surface area (Å²) in [5.41, 5.74) is 1.82. The van der Waals surface area contributed by atoms with Gasteiger partial charge >= 0.3 is 7.12 Å². The lowest BCUT2D eigenvalue weighted by molar-refractivity contribution is 0.00578. The van der Waals surface area contributed by atoms with Gasteiger partial charge in [-0.1, -0.05) is 39.3 Å². The molecule has 0 atom stereocenters. The van der Waals surface area contributed by atoms with Crippen LogP contribution in [0.4, 0.5) is 4.39 Å². The summed E-state index contributed by atoms with van der Waals surface area (Å²) in [5, 5.41) is 0. The summed E-state index contributed by atoms with van der Waals surface area (Å²) in [6, 6.07) is 5.36. The normalized spacial score (nSPS) is 18.2. The fourth-order valence-electron chi connectivity index (χ4n) is 3.65. The third kappa shape index (κ3) is 4.81. The lowest BCUT2D eigenvalue weighted by Gasteiger charge is -2.32. The third-order valence-corrected chi connectivity index (χ3v) is 6.85. The molecule has 6 heteroatoms. The van der Waals surface area contributed by atoms with E-state index in [0.717, 1.165) is 42.8 Å². The summed E-state index contributed by atoms with van der Waals surface area (Å²) in [6.45, 7) is 14.6. The maximum atomic E-state index is 14.9. The Kier molecular flexibility index (Phi) is 6.23. The van der Waals surface area contributed by atoms with Crippen molar-refractivity contribution >= 4 is 12.6 Å². The topological polar surface area (TPSA) is 36.3 Å². The molecule has 1 saturated heterocycles. The van der Waals surface area contributed by atoms with E-state index in [-0.39, 0.29) is 11.2 Å². The molecular weight excluding hydrogens is 378 g/mol. The molecule has 2 aromatic rings. The van der Waals surface area contributed by atoms with E-state index in [1.54, 1.807) is 12.1 Å². The summed E-state index contributed by atoms with van der Waals surface area (Å²) in [7, 11) is 1.36. The summed E-state index contributed by atoms with van der Waals surface area (Å²) in [4.78, 5) is 4.82. The van der Waals surface area contributed by atoms with Gasteiger partial charge in [0.1, 0.15) is 11.6 Å². The van der Waals surface area contributed by atoms with Crippen LogP contribution in [0.2, 0.25) is 0 Å². The third-order valence-electron chi connectivity index (χ3n) is 6.85. The van der Waals surface area contributed by atoms with Crippen LogP contribution in [0, 0.1) is 11.2 Å². The zero-order valence-electron chi connectivity index (χ0n) is 19.8. The van der Waals surface area contributed by atoms with Crippen LogP contribution in [0.5, 0.6) is 0 Å². The Labute approximate surface area is 181 Å². The monoisotopic (exact) mass is 414 g/mol. The largest absolute Gasteiger partial charge is 0.497 e. The van der Waals surface area contributed by atoms with E-state index in [2.05, 4.69) is 31.5 Å². The Balaban J connectivity index is 1.67. The quantitative estimate of drug-likeness (QED) is 0.621. The first-order valence-electron chi connectivity index (χ1n) is 11.0. The van der Waals surface area contributed by atoms with Crippen LogP contribution in [0.3, 0.4) is 0 Å². The van der Waals surface area contributed by atoms with Gasteiger partial charge < -0.3 is 13.9 Å². The van der Waals surface area contributed by atoms with E-state index < -0.39 is 18.3 Å². The number of aromatic nitrogens is 2. The van der Waals surface area contributed by atoms with Crippen molar-refractivity contribution in [2.45, 2.75) is 85.4 Å². The van der Waals surface area contributed by atoms with Gasteiger partial charge in [0.2, 0.25) is 0 Å². The molecule has 1 aliphatic rings. The highest BCUT2D eigenvalue weighted by molar-refractivity contribution is 6.62. The van der Waals surface area contributed by atoms with Crippen molar-refractivity contribution < 1.29 is 13.7 Å². The van der Waals surface area contributed by atoms with Gasteiger partial charge in [-0.3, -0.25) is 0 Å². The highest BCUT2D eigenvalue weighted by Crippen LogP contribution is 2.36. The summed E-state index contributed by atoms with van der Waals surface area (Å²) >= 11 is 0. The molecule has 1 aromatic heterocycles. The molecule has 0 bridgehead atoms. The molecular formula is C24H36BFN2O2. The van der Waals surface area contributed by atoms with Crippen molar-refractivity contribution in [2.24, 2.45) is 12.5 Å². The molecule has 30 heavy (non-hydrogen) atoms. The van der Waals surface area contributed by atoms with Crippen LogP contribution in [-0.4, -0.2) is 27.9 Å². The van der Waals surface area contributed by atoms with E-state index in [1.807, 2.05) is 40.8 Å². The molecule has 4 nitrogen and oxygen atoms in total. The number of halogens is 1. The van der Waals surface area contributed by atoms with Gasteiger partial charge in [0, 0.05) is 25.1 Å². The van der Waals surface area contributed by atoms with Crippen LogP contribution in [0.15, 0.2) is 24.4 Å². The minimum atomic E-state index is -0.678. The SMILES string of the molecule is CCC(C)(C)Cc1cn(C)c(CCc2ccc(B3OC(C)(C)C(C)(C)O3)c(F)c2)n1. The average molecular weight is 414 g/mol. The maximum absolute atomic E-state index is 14.9. The van der Waals surface area contributed by atoms with E-state index in [1.165, 1.54) is 0 Å². The van der Waals surface area contributed by atoms with Crippen LogP contribution in [0.1, 0.15) is 72.0 Å². The van der Waals surface area contributed by atoms with E-state index in [9.17, 15) is 4.39 Å². The second-order valence-electron chi connectivity index (χ2n) is 10.4. The minimum absolute atomic E-state index is 0.248. The fourth-order valence-corrected chi connectivity index (χ4v) is 3.65. The zero-order valence-corrected chi connectivity index (χ0v) is 19.8. The minimum Gasteiger partial charge on any atom is -0.399 e.